The summed E-state index contributed by atoms with van der Waals surface area (Å²) in [5.41, 5.74) is 0.614. The van der Waals surface area contributed by atoms with Crippen LogP contribution in [0.25, 0.3) is 0 Å². The first kappa shape index (κ1) is 14.8. The summed E-state index contributed by atoms with van der Waals surface area (Å²) in [4.78, 5) is 18.4. The van der Waals surface area contributed by atoms with Gasteiger partial charge in [0.05, 0.1) is 16.9 Å². The van der Waals surface area contributed by atoms with Crippen LogP contribution in [0.15, 0.2) is 18.5 Å². The molecule has 0 radical (unpaired) electrons. The molecule has 20 heavy (non-hydrogen) atoms. The Morgan fingerprint density at radius 1 is 1.60 bits per heavy atom. The number of carbonyl (C=O) groups is 1. The number of aromatic nitrogens is 1. The number of nitrogens with one attached hydrogen (secondary N) is 1. The molecular formula is C15H23N3O2. The fourth-order valence-electron chi connectivity index (χ4n) is 2.54. The maximum absolute atomic E-state index is 12.6. The van der Waals surface area contributed by atoms with E-state index in [2.05, 4.69) is 17.2 Å². The normalized spacial score (nSPS) is 22.6. The number of β-amino-alcohol motifs (C(OH)–C–C–N with tert-alkyl or cyclic N) is 1. The second kappa shape index (κ2) is 6.22. The number of hydrogen-bond donors (Lipinski definition) is 2. The number of carbonyl (C=O) groups excluding carboxylic acids is 1. The second-order valence-electron chi connectivity index (χ2n) is 5.68. The average molecular weight is 277 g/mol. The summed E-state index contributed by atoms with van der Waals surface area (Å²) < 4.78 is 0. The maximum Gasteiger partial charge on any atom is 0.257 e. The SMILES string of the molecule is CCCNc1ccncc1C(=O)N1CCCC(C)(O)C1. The molecule has 1 aliphatic rings. The number of likely N-dealkylation sites (tertiary alicyclic amines) is 1. The van der Waals surface area contributed by atoms with E-state index >= 15 is 0 Å². The molecule has 1 amide bonds. The highest BCUT2D eigenvalue weighted by molar-refractivity contribution is 5.99. The third-order valence-electron chi connectivity index (χ3n) is 3.58. The molecule has 110 valence electrons. The van der Waals surface area contributed by atoms with Gasteiger partial charge in [0.15, 0.2) is 0 Å². The van der Waals surface area contributed by atoms with E-state index in [1.54, 1.807) is 24.2 Å². The van der Waals surface area contributed by atoms with Crippen molar-refractivity contribution in [3.63, 3.8) is 0 Å². The Morgan fingerprint density at radius 2 is 2.40 bits per heavy atom. The molecule has 2 N–H and O–H groups in total. The number of pyridine rings is 1. The van der Waals surface area contributed by atoms with Gasteiger partial charge in [-0.2, -0.15) is 0 Å². The first-order valence-electron chi connectivity index (χ1n) is 7.23. The summed E-state index contributed by atoms with van der Waals surface area (Å²) >= 11 is 0. The van der Waals surface area contributed by atoms with E-state index in [0.29, 0.717) is 18.7 Å². The van der Waals surface area contributed by atoms with Gasteiger partial charge in [-0.15, -0.1) is 0 Å². The lowest BCUT2D eigenvalue weighted by molar-refractivity contribution is -0.0107. The van der Waals surface area contributed by atoms with Gasteiger partial charge in [-0.3, -0.25) is 9.78 Å². The topological polar surface area (TPSA) is 65.5 Å². The number of amides is 1. The van der Waals surface area contributed by atoms with Crippen molar-refractivity contribution in [3.8, 4) is 0 Å². The molecular weight excluding hydrogens is 254 g/mol. The first-order valence-corrected chi connectivity index (χ1v) is 7.23. The Labute approximate surface area is 120 Å². The van der Waals surface area contributed by atoms with Gasteiger partial charge in [-0.25, -0.2) is 0 Å². The Hall–Kier alpha value is -1.62. The van der Waals surface area contributed by atoms with E-state index in [9.17, 15) is 9.90 Å². The van der Waals surface area contributed by atoms with Crippen molar-refractivity contribution in [2.45, 2.75) is 38.7 Å². The molecule has 1 atom stereocenters. The lowest BCUT2D eigenvalue weighted by Gasteiger charge is -2.37. The molecule has 0 bridgehead atoms. The molecule has 5 heteroatoms. The summed E-state index contributed by atoms with van der Waals surface area (Å²) in [5.74, 6) is -0.0586. The quantitative estimate of drug-likeness (QED) is 0.882. The molecule has 1 fully saturated rings. The van der Waals surface area contributed by atoms with Gasteiger partial charge in [0.1, 0.15) is 0 Å². The van der Waals surface area contributed by atoms with Crippen LogP contribution >= 0.6 is 0 Å². The number of piperidine rings is 1. The zero-order valence-electron chi connectivity index (χ0n) is 12.2. The first-order chi connectivity index (χ1) is 9.53. The summed E-state index contributed by atoms with van der Waals surface area (Å²) in [6, 6.07) is 1.82. The molecule has 2 heterocycles. The predicted octanol–water partition coefficient (Wildman–Crippen LogP) is 1.89. The summed E-state index contributed by atoms with van der Waals surface area (Å²) in [5, 5.41) is 13.4. The number of aliphatic hydroxyl groups is 1. The monoisotopic (exact) mass is 277 g/mol. The second-order valence-corrected chi connectivity index (χ2v) is 5.68. The highest BCUT2D eigenvalue weighted by Gasteiger charge is 2.32. The Bertz CT molecular complexity index is 474. The molecule has 1 saturated heterocycles. The molecule has 2 rings (SSSR count). The maximum atomic E-state index is 12.6. The number of rotatable bonds is 4. The standard InChI is InChI=1S/C15H23N3O2/c1-3-7-17-13-5-8-16-10-12(13)14(19)18-9-4-6-15(2,20)11-18/h5,8,10,20H,3-4,6-7,9,11H2,1-2H3,(H,16,17). The Morgan fingerprint density at radius 3 is 3.10 bits per heavy atom. The van der Waals surface area contributed by atoms with Crippen molar-refractivity contribution in [2.75, 3.05) is 25.0 Å². The summed E-state index contributed by atoms with van der Waals surface area (Å²) in [7, 11) is 0. The van der Waals surface area contributed by atoms with Crippen LogP contribution in [0.3, 0.4) is 0 Å². The van der Waals surface area contributed by atoms with Crippen molar-refractivity contribution >= 4 is 11.6 Å². The third kappa shape index (κ3) is 3.48. The van der Waals surface area contributed by atoms with Crippen LogP contribution in [0.1, 0.15) is 43.5 Å². The van der Waals surface area contributed by atoms with Crippen molar-refractivity contribution < 1.29 is 9.90 Å². The van der Waals surface area contributed by atoms with Gasteiger partial charge in [0, 0.05) is 32.0 Å². The molecule has 1 aliphatic heterocycles. The van der Waals surface area contributed by atoms with Crippen molar-refractivity contribution in [3.05, 3.63) is 24.0 Å². The predicted molar refractivity (Wildman–Crippen MR) is 78.8 cm³/mol. The minimum absolute atomic E-state index is 0.0586. The van der Waals surface area contributed by atoms with Crippen LogP contribution in [0.5, 0.6) is 0 Å². The van der Waals surface area contributed by atoms with E-state index in [1.807, 2.05) is 6.07 Å². The molecule has 5 nitrogen and oxygen atoms in total. The van der Waals surface area contributed by atoms with Crippen LogP contribution < -0.4 is 5.32 Å². The van der Waals surface area contributed by atoms with Gasteiger partial charge in [0.2, 0.25) is 0 Å². The van der Waals surface area contributed by atoms with E-state index in [0.717, 1.165) is 31.5 Å². The van der Waals surface area contributed by atoms with Crippen LogP contribution in [0, 0.1) is 0 Å². The molecule has 0 spiro atoms. The minimum Gasteiger partial charge on any atom is -0.388 e. The molecule has 1 aromatic heterocycles. The Balaban J connectivity index is 2.16. The van der Waals surface area contributed by atoms with E-state index in [1.165, 1.54) is 0 Å². The van der Waals surface area contributed by atoms with E-state index in [4.69, 9.17) is 0 Å². The molecule has 0 aliphatic carbocycles. The molecule has 1 aromatic rings. The Kier molecular flexibility index (Phi) is 4.60. The van der Waals surface area contributed by atoms with Gasteiger partial charge in [0.25, 0.3) is 5.91 Å². The van der Waals surface area contributed by atoms with Crippen LogP contribution in [0.2, 0.25) is 0 Å². The highest BCUT2D eigenvalue weighted by Crippen LogP contribution is 2.23. The van der Waals surface area contributed by atoms with Gasteiger partial charge in [-0.1, -0.05) is 6.92 Å². The highest BCUT2D eigenvalue weighted by atomic mass is 16.3. The zero-order chi connectivity index (χ0) is 14.6. The third-order valence-corrected chi connectivity index (χ3v) is 3.58. The van der Waals surface area contributed by atoms with E-state index < -0.39 is 5.60 Å². The molecule has 0 aromatic carbocycles. The van der Waals surface area contributed by atoms with Crippen LogP contribution in [0.4, 0.5) is 5.69 Å². The van der Waals surface area contributed by atoms with Gasteiger partial charge in [-0.05, 0) is 32.3 Å². The van der Waals surface area contributed by atoms with Gasteiger partial charge >= 0.3 is 0 Å². The zero-order valence-corrected chi connectivity index (χ0v) is 12.2. The summed E-state index contributed by atoms with van der Waals surface area (Å²) in [6.45, 7) is 5.76. The van der Waals surface area contributed by atoms with E-state index in [-0.39, 0.29) is 5.91 Å². The van der Waals surface area contributed by atoms with Crippen LogP contribution in [-0.2, 0) is 0 Å². The molecule has 0 saturated carbocycles. The lowest BCUT2D eigenvalue weighted by atomic mass is 9.94. The fraction of sp³-hybridized carbons (Fsp3) is 0.600. The fourth-order valence-corrected chi connectivity index (χ4v) is 2.54. The van der Waals surface area contributed by atoms with Gasteiger partial charge < -0.3 is 15.3 Å². The molecule has 1 unspecified atom stereocenters. The number of nitrogens with zero attached hydrogens (tertiary/aromatic N) is 2. The van der Waals surface area contributed by atoms with Crippen molar-refractivity contribution in [2.24, 2.45) is 0 Å². The average Bonchev–Trinajstić information content (AvgIpc) is 2.43. The summed E-state index contributed by atoms with van der Waals surface area (Å²) in [6.07, 6.45) is 5.85. The largest absolute Gasteiger partial charge is 0.388 e. The smallest absolute Gasteiger partial charge is 0.257 e. The van der Waals surface area contributed by atoms with Crippen molar-refractivity contribution in [1.29, 1.82) is 0 Å². The number of hydrogen-bond acceptors (Lipinski definition) is 4. The van der Waals surface area contributed by atoms with Crippen LogP contribution in [-0.4, -0.2) is 46.1 Å². The van der Waals surface area contributed by atoms with Crippen molar-refractivity contribution in [1.82, 2.24) is 9.88 Å². The minimum atomic E-state index is -0.785. The lowest BCUT2D eigenvalue weighted by Crippen LogP contribution is -2.48. The number of anilines is 1.